The van der Waals surface area contributed by atoms with Gasteiger partial charge in [0.05, 0.1) is 25.5 Å². The van der Waals surface area contributed by atoms with Crippen molar-refractivity contribution in [1.29, 1.82) is 0 Å². The van der Waals surface area contributed by atoms with Gasteiger partial charge in [0, 0.05) is 12.5 Å². The first-order valence-electron chi connectivity index (χ1n) is 8.85. The summed E-state index contributed by atoms with van der Waals surface area (Å²) in [6, 6.07) is 13.5. The molecule has 0 bridgehead atoms. The van der Waals surface area contributed by atoms with Crippen LogP contribution in [0.5, 0.6) is 5.75 Å². The molecule has 1 aromatic carbocycles. The van der Waals surface area contributed by atoms with Crippen LogP contribution in [0.1, 0.15) is 36.7 Å². The molecule has 0 amide bonds. The second kappa shape index (κ2) is 11.1. The molecule has 0 atom stereocenters. The van der Waals surface area contributed by atoms with Crippen molar-refractivity contribution in [2.75, 3.05) is 13.2 Å². The van der Waals surface area contributed by atoms with Crippen LogP contribution in [-0.2, 0) is 22.6 Å². The van der Waals surface area contributed by atoms with Gasteiger partial charge in [-0.15, -0.1) is 0 Å². The molecule has 5 nitrogen and oxygen atoms in total. The third-order valence-electron chi connectivity index (χ3n) is 3.72. The lowest BCUT2D eigenvalue weighted by Gasteiger charge is -2.10. The zero-order chi connectivity index (χ0) is 18.6. The van der Waals surface area contributed by atoms with Gasteiger partial charge in [0.25, 0.3) is 0 Å². The minimum atomic E-state index is -0.412. The highest BCUT2D eigenvalue weighted by atomic mass is 16.5. The summed E-state index contributed by atoms with van der Waals surface area (Å²) >= 11 is 0. The highest BCUT2D eigenvalue weighted by Crippen LogP contribution is 2.19. The third-order valence-corrected chi connectivity index (χ3v) is 3.72. The monoisotopic (exact) mass is 355 g/mol. The number of hydrogen-bond donors (Lipinski definition) is 1. The summed E-state index contributed by atoms with van der Waals surface area (Å²) in [6.07, 6.45) is 5.47. The number of aliphatic hydroxyl groups is 1. The second-order valence-electron chi connectivity index (χ2n) is 5.78. The number of nitrogens with zero attached hydrogens (tertiary/aromatic N) is 1. The molecule has 2 rings (SSSR count). The van der Waals surface area contributed by atoms with Crippen molar-refractivity contribution in [1.82, 2.24) is 4.98 Å². The number of ether oxygens (including phenoxy) is 2. The molecule has 0 unspecified atom stereocenters. The predicted molar refractivity (Wildman–Crippen MR) is 101 cm³/mol. The fourth-order valence-corrected chi connectivity index (χ4v) is 2.27. The van der Waals surface area contributed by atoms with E-state index in [4.69, 9.17) is 9.47 Å². The molecule has 0 fully saturated rings. The van der Waals surface area contributed by atoms with Gasteiger partial charge in [0.15, 0.2) is 0 Å². The maximum Gasteiger partial charge on any atom is 0.330 e. The van der Waals surface area contributed by atoms with Gasteiger partial charge in [-0.2, -0.15) is 0 Å². The van der Waals surface area contributed by atoms with E-state index in [1.807, 2.05) is 37.3 Å². The molecular weight excluding hydrogens is 330 g/mol. The minimum Gasteiger partial charge on any atom is -0.491 e. The zero-order valence-electron chi connectivity index (χ0n) is 15.1. The summed E-state index contributed by atoms with van der Waals surface area (Å²) in [6.45, 7) is 2.76. The maximum atomic E-state index is 11.7. The molecule has 1 aromatic heterocycles. The van der Waals surface area contributed by atoms with E-state index in [9.17, 15) is 9.90 Å². The molecule has 0 saturated heterocycles. The fraction of sp³-hybridized carbons (Fsp3) is 0.333. The SMILES string of the molecule is CCCCOC(=O)/C=C/c1nc(CO)ccc1OCCc1ccccc1. The van der Waals surface area contributed by atoms with E-state index >= 15 is 0 Å². The molecule has 0 saturated carbocycles. The van der Waals surface area contributed by atoms with Crippen LogP contribution >= 0.6 is 0 Å². The fourth-order valence-electron chi connectivity index (χ4n) is 2.27. The van der Waals surface area contributed by atoms with Crippen molar-refractivity contribution in [2.24, 2.45) is 0 Å². The Bertz CT molecular complexity index is 713. The van der Waals surface area contributed by atoms with Crippen molar-refractivity contribution in [2.45, 2.75) is 32.8 Å². The van der Waals surface area contributed by atoms with Gasteiger partial charge in [0.1, 0.15) is 11.4 Å². The van der Waals surface area contributed by atoms with Crippen molar-refractivity contribution >= 4 is 12.0 Å². The van der Waals surface area contributed by atoms with E-state index in [0.29, 0.717) is 30.4 Å². The Labute approximate surface area is 154 Å². The number of esters is 1. The van der Waals surface area contributed by atoms with Crippen molar-refractivity contribution in [3.05, 3.63) is 65.5 Å². The smallest absolute Gasteiger partial charge is 0.330 e. The molecule has 2 aromatic rings. The summed E-state index contributed by atoms with van der Waals surface area (Å²) in [7, 11) is 0. The van der Waals surface area contributed by atoms with Gasteiger partial charge >= 0.3 is 5.97 Å². The van der Waals surface area contributed by atoms with Crippen LogP contribution in [0.2, 0.25) is 0 Å². The first-order chi connectivity index (χ1) is 12.7. The number of benzene rings is 1. The number of carbonyl (C=O) groups excluding carboxylic acids is 1. The number of pyridine rings is 1. The highest BCUT2D eigenvalue weighted by molar-refractivity contribution is 5.87. The second-order valence-corrected chi connectivity index (χ2v) is 5.78. The maximum absolute atomic E-state index is 11.7. The summed E-state index contributed by atoms with van der Waals surface area (Å²) in [5.74, 6) is 0.153. The van der Waals surface area contributed by atoms with E-state index in [1.54, 1.807) is 18.2 Å². The average molecular weight is 355 g/mol. The number of aliphatic hydroxyl groups excluding tert-OH is 1. The average Bonchev–Trinajstić information content (AvgIpc) is 2.68. The van der Waals surface area contributed by atoms with Gasteiger partial charge in [0.2, 0.25) is 0 Å². The number of hydrogen-bond acceptors (Lipinski definition) is 5. The van der Waals surface area contributed by atoms with E-state index in [1.165, 1.54) is 11.6 Å². The first kappa shape index (κ1) is 19.7. The van der Waals surface area contributed by atoms with Crippen LogP contribution in [0.15, 0.2) is 48.5 Å². The van der Waals surface area contributed by atoms with E-state index in [2.05, 4.69) is 4.98 Å². The van der Waals surface area contributed by atoms with Crippen molar-refractivity contribution in [3.8, 4) is 5.75 Å². The number of rotatable bonds is 10. The van der Waals surface area contributed by atoms with Crippen LogP contribution in [-0.4, -0.2) is 29.3 Å². The lowest BCUT2D eigenvalue weighted by molar-refractivity contribution is -0.137. The number of unbranched alkanes of at least 4 members (excludes halogenated alkanes) is 1. The van der Waals surface area contributed by atoms with Gasteiger partial charge in [-0.1, -0.05) is 43.7 Å². The Kier molecular flexibility index (Phi) is 8.36. The van der Waals surface area contributed by atoms with Crippen LogP contribution in [0, 0.1) is 0 Å². The summed E-state index contributed by atoms with van der Waals surface area (Å²) in [4.78, 5) is 16.0. The Morgan fingerprint density at radius 2 is 1.96 bits per heavy atom. The summed E-state index contributed by atoms with van der Waals surface area (Å²) < 4.78 is 10.9. The lowest BCUT2D eigenvalue weighted by atomic mass is 10.2. The van der Waals surface area contributed by atoms with Crippen molar-refractivity contribution in [3.63, 3.8) is 0 Å². The summed E-state index contributed by atoms with van der Waals surface area (Å²) in [5.41, 5.74) is 2.19. The normalized spacial score (nSPS) is 10.8. The molecule has 0 radical (unpaired) electrons. The number of carbonyl (C=O) groups is 1. The first-order valence-corrected chi connectivity index (χ1v) is 8.85. The van der Waals surface area contributed by atoms with E-state index in [-0.39, 0.29) is 6.61 Å². The van der Waals surface area contributed by atoms with Crippen molar-refractivity contribution < 1.29 is 19.4 Å². The molecule has 5 heteroatoms. The Hall–Kier alpha value is -2.66. The molecule has 0 spiro atoms. The highest BCUT2D eigenvalue weighted by Gasteiger charge is 2.06. The minimum absolute atomic E-state index is 0.175. The third kappa shape index (κ3) is 6.69. The Morgan fingerprint density at radius 3 is 2.69 bits per heavy atom. The molecular formula is C21H25NO4. The standard InChI is InChI=1S/C21H25NO4/c1-2-3-14-26-21(24)12-10-19-20(11-9-18(16-23)22-19)25-15-13-17-7-5-4-6-8-17/h4-12,23H,2-3,13-16H2,1H3/b12-10+. The zero-order valence-corrected chi connectivity index (χ0v) is 15.1. The summed E-state index contributed by atoms with van der Waals surface area (Å²) in [5, 5.41) is 9.28. The van der Waals surface area contributed by atoms with Crippen LogP contribution < -0.4 is 4.74 Å². The molecule has 0 aliphatic heterocycles. The van der Waals surface area contributed by atoms with Crippen LogP contribution in [0.3, 0.4) is 0 Å². The van der Waals surface area contributed by atoms with Crippen LogP contribution in [0.25, 0.3) is 6.08 Å². The van der Waals surface area contributed by atoms with E-state index < -0.39 is 5.97 Å². The Balaban J connectivity index is 2.00. The van der Waals surface area contributed by atoms with Gasteiger partial charge in [-0.05, 0) is 30.2 Å². The lowest BCUT2D eigenvalue weighted by Crippen LogP contribution is -2.05. The van der Waals surface area contributed by atoms with Gasteiger partial charge < -0.3 is 14.6 Å². The molecule has 0 aliphatic rings. The van der Waals surface area contributed by atoms with Gasteiger partial charge in [-0.25, -0.2) is 9.78 Å². The molecule has 138 valence electrons. The predicted octanol–water partition coefficient (Wildman–Crippen LogP) is 3.55. The largest absolute Gasteiger partial charge is 0.491 e. The molecule has 0 aliphatic carbocycles. The number of aromatic nitrogens is 1. The molecule has 1 N–H and O–H groups in total. The topological polar surface area (TPSA) is 68.7 Å². The molecule has 26 heavy (non-hydrogen) atoms. The van der Waals surface area contributed by atoms with Gasteiger partial charge in [-0.3, -0.25) is 0 Å². The van der Waals surface area contributed by atoms with Crippen LogP contribution in [0.4, 0.5) is 0 Å². The molecule has 1 heterocycles. The quantitative estimate of drug-likeness (QED) is 0.401. The Morgan fingerprint density at radius 1 is 1.15 bits per heavy atom. The van der Waals surface area contributed by atoms with E-state index in [0.717, 1.165) is 19.3 Å².